The average Bonchev–Trinajstić information content (AvgIpc) is 2.83. The molecule has 0 aromatic carbocycles. The number of hydrogen-bond donors (Lipinski definition) is 3. The van der Waals surface area contributed by atoms with Crippen LogP contribution in [0.15, 0.2) is 30.3 Å². The zero-order valence-corrected chi connectivity index (χ0v) is 12.5. The molecule has 0 aliphatic carbocycles. The molecule has 3 heterocycles. The molecule has 21 heavy (non-hydrogen) atoms. The van der Waals surface area contributed by atoms with Gasteiger partial charge < -0.3 is 4.98 Å². The molecule has 0 aliphatic heterocycles. The number of halogens is 1. The Bertz CT molecular complexity index is 1080. The van der Waals surface area contributed by atoms with E-state index in [-0.39, 0.29) is 22.2 Å². The summed E-state index contributed by atoms with van der Waals surface area (Å²) in [4.78, 5) is 42.7. The van der Waals surface area contributed by atoms with Crippen molar-refractivity contribution in [1.82, 2.24) is 15.0 Å². The number of aromatic amines is 3. The van der Waals surface area contributed by atoms with E-state index >= 15 is 0 Å². The van der Waals surface area contributed by atoms with Gasteiger partial charge in [0, 0.05) is 10.4 Å². The van der Waals surface area contributed by atoms with Crippen molar-refractivity contribution in [2.45, 2.75) is 0 Å². The lowest BCUT2D eigenvalue weighted by Crippen LogP contribution is -2.26. The van der Waals surface area contributed by atoms with E-state index in [2.05, 4.69) is 30.9 Å². The van der Waals surface area contributed by atoms with Gasteiger partial charge in [-0.2, -0.15) is 5.26 Å². The van der Waals surface area contributed by atoms with E-state index in [1.54, 1.807) is 12.1 Å². The molecule has 0 fully saturated rings. The summed E-state index contributed by atoms with van der Waals surface area (Å²) in [6.45, 7) is 0. The summed E-state index contributed by atoms with van der Waals surface area (Å²) < 4.78 is 0.788. The predicted octanol–water partition coefficient (Wildman–Crippen LogP) is 1.27. The van der Waals surface area contributed by atoms with E-state index < -0.39 is 16.8 Å². The van der Waals surface area contributed by atoms with Gasteiger partial charge in [-0.05, 0) is 28.1 Å². The first kappa shape index (κ1) is 13.5. The molecule has 0 amide bonds. The van der Waals surface area contributed by atoms with Gasteiger partial charge >= 0.3 is 5.69 Å². The maximum atomic E-state index is 12.1. The van der Waals surface area contributed by atoms with E-state index in [0.717, 1.165) is 3.79 Å². The van der Waals surface area contributed by atoms with Crippen LogP contribution < -0.4 is 16.8 Å². The number of nitrogens with zero attached hydrogens (tertiary/aromatic N) is 1. The fourth-order valence-electron chi connectivity index (χ4n) is 2.03. The Balaban J connectivity index is 2.63. The molecular weight excluding hydrogens is 360 g/mol. The molecule has 9 heteroatoms. The SMILES string of the molecule is N#Cc1c(-c2ccc(Br)s2)c2c(=O)[nH]c(=O)[nH]c2[nH]c1=O. The second-order valence-corrected chi connectivity index (χ2v) is 6.54. The van der Waals surface area contributed by atoms with Crippen molar-refractivity contribution >= 4 is 38.3 Å². The molecule has 3 rings (SSSR count). The molecule has 104 valence electrons. The molecule has 0 radical (unpaired) electrons. The van der Waals surface area contributed by atoms with Gasteiger partial charge in [0.15, 0.2) is 0 Å². The highest BCUT2D eigenvalue weighted by molar-refractivity contribution is 9.11. The summed E-state index contributed by atoms with van der Waals surface area (Å²) in [7, 11) is 0. The normalized spacial score (nSPS) is 10.7. The summed E-state index contributed by atoms with van der Waals surface area (Å²) in [6.07, 6.45) is 0. The van der Waals surface area contributed by atoms with E-state index in [0.29, 0.717) is 4.88 Å². The zero-order valence-electron chi connectivity index (χ0n) is 10.1. The van der Waals surface area contributed by atoms with Crippen LogP contribution in [-0.4, -0.2) is 15.0 Å². The highest BCUT2D eigenvalue weighted by atomic mass is 79.9. The standard InChI is InChI=1S/C12H5BrN4O3S/c13-6-2-1-5(21-6)7-4(3-14)10(18)15-9-8(7)11(19)17-12(20)16-9/h1-2H,(H3,15,16,17,18,19,20). The number of nitriles is 1. The molecule has 0 spiro atoms. The molecule has 0 saturated heterocycles. The number of thiophene rings is 1. The monoisotopic (exact) mass is 364 g/mol. The molecule has 0 aliphatic rings. The second kappa shape index (κ2) is 4.83. The topological polar surface area (TPSA) is 122 Å². The molecule has 7 nitrogen and oxygen atoms in total. The van der Waals surface area contributed by atoms with Crippen LogP contribution in [0.1, 0.15) is 5.56 Å². The summed E-state index contributed by atoms with van der Waals surface area (Å²) >= 11 is 4.57. The summed E-state index contributed by atoms with van der Waals surface area (Å²) in [5.41, 5.74) is -2.02. The van der Waals surface area contributed by atoms with Crippen LogP contribution in [0.3, 0.4) is 0 Å². The van der Waals surface area contributed by atoms with Crippen molar-refractivity contribution in [3.63, 3.8) is 0 Å². The molecule has 3 N–H and O–H groups in total. The van der Waals surface area contributed by atoms with Gasteiger partial charge in [0.05, 0.1) is 9.17 Å². The minimum atomic E-state index is -0.730. The van der Waals surface area contributed by atoms with Crippen LogP contribution >= 0.6 is 27.3 Å². The van der Waals surface area contributed by atoms with E-state index in [9.17, 15) is 19.6 Å². The van der Waals surface area contributed by atoms with Gasteiger partial charge in [0.1, 0.15) is 17.3 Å². The van der Waals surface area contributed by atoms with Crippen LogP contribution in [-0.2, 0) is 0 Å². The fourth-order valence-corrected chi connectivity index (χ4v) is 3.48. The molecule has 0 bridgehead atoms. The van der Waals surface area contributed by atoms with Gasteiger partial charge in [0.25, 0.3) is 11.1 Å². The van der Waals surface area contributed by atoms with E-state index in [1.807, 2.05) is 6.07 Å². The number of aromatic nitrogens is 3. The lowest BCUT2D eigenvalue weighted by atomic mass is 10.1. The summed E-state index contributed by atoms with van der Waals surface area (Å²) in [6, 6.07) is 5.24. The third-order valence-corrected chi connectivity index (χ3v) is 4.48. The number of rotatable bonds is 1. The highest BCUT2D eigenvalue weighted by Crippen LogP contribution is 2.34. The zero-order chi connectivity index (χ0) is 15.1. The molecular formula is C12H5BrN4O3S. The van der Waals surface area contributed by atoms with Crippen LogP contribution in [0, 0.1) is 11.3 Å². The first-order valence-electron chi connectivity index (χ1n) is 5.59. The number of hydrogen-bond acceptors (Lipinski definition) is 5. The van der Waals surface area contributed by atoms with Gasteiger partial charge in [-0.1, -0.05) is 0 Å². The maximum absolute atomic E-state index is 12.1. The number of fused-ring (bicyclic) bond motifs is 1. The molecule has 0 saturated carbocycles. The first-order valence-corrected chi connectivity index (χ1v) is 7.20. The third-order valence-electron chi connectivity index (χ3n) is 2.84. The lowest BCUT2D eigenvalue weighted by Gasteiger charge is -2.05. The summed E-state index contributed by atoms with van der Waals surface area (Å²) in [5, 5.41) is 9.28. The average molecular weight is 365 g/mol. The molecule has 0 unspecified atom stereocenters. The summed E-state index contributed by atoms with van der Waals surface area (Å²) in [5.74, 6) is 0. The molecule has 3 aromatic rings. The third kappa shape index (κ3) is 2.14. The van der Waals surface area contributed by atoms with Crippen molar-refractivity contribution in [2.24, 2.45) is 0 Å². The van der Waals surface area contributed by atoms with Crippen molar-refractivity contribution in [3.8, 4) is 16.5 Å². The largest absolute Gasteiger partial charge is 0.327 e. The minimum absolute atomic E-state index is 0.00716. The number of pyridine rings is 1. The van der Waals surface area contributed by atoms with Crippen LogP contribution in [0.5, 0.6) is 0 Å². The van der Waals surface area contributed by atoms with Crippen LogP contribution in [0.25, 0.3) is 21.5 Å². The Labute approximate surface area is 128 Å². The number of nitrogens with one attached hydrogen (secondary N) is 3. The Morgan fingerprint density at radius 1 is 1.10 bits per heavy atom. The second-order valence-electron chi connectivity index (χ2n) is 4.08. The number of H-pyrrole nitrogens is 3. The van der Waals surface area contributed by atoms with Gasteiger partial charge in [0.2, 0.25) is 0 Å². The van der Waals surface area contributed by atoms with E-state index in [4.69, 9.17) is 0 Å². The van der Waals surface area contributed by atoms with E-state index in [1.165, 1.54) is 11.3 Å². The van der Waals surface area contributed by atoms with Crippen molar-refractivity contribution in [2.75, 3.05) is 0 Å². The van der Waals surface area contributed by atoms with Gasteiger partial charge in [-0.25, -0.2) is 4.79 Å². The predicted molar refractivity (Wildman–Crippen MR) is 81.5 cm³/mol. The Morgan fingerprint density at radius 3 is 2.48 bits per heavy atom. The van der Waals surface area contributed by atoms with Gasteiger partial charge in [-0.15, -0.1) is 11.3 Å². The Hall–Kier alpha value is -2.44. The lowest BCUT2D eigenvalue weighted by molar-refractivity contribution is 1.05. The fraction of sp³-hybridized carbons (Fsp3) is 0. The molecule has 3 aromatic heterocycles. The van der Waals surface area contributed by atoms with Crippen LogP contribution in [0.2, 0.25) is 0 Å². The smallest absolute Gasteiger partial charge is 0.307 e. The van der Waals surface area contributed by atoms with Crippen molar-refractivity contribution in [1.29, 1.82) is 5.26 Å². The van der Waals surface area contributed by atoms with Crippen molar-refractivity contribution < 1.29 is 0 Å². The van der Waals surface area contributed by atoms with Gasteiger partial charge in [-0.3, -0.25) is 19.6 Å². The quantitative estimate of drug-likeness (QED) is 0.601. The first-order chi connectivity index (χ1) is 10.0. The minimum Gasteiger partial charge on any atom is -0.307 e. The van der Waals surface area contributed by atoms with Crippen molar-refractivity contribution in [3.05, 3.63) is 52.7 Å². The Morgan fingerprint density at radius 2 is 1.86 bits per heavy atom. The maximum Gasteiger partial charge on any atom is 0.327 e. The highest BCUT2D eigenvalue weighted by Gasteiger charge is 2.19. The Kier molecular flexibility index (Phi) is 3.12. The van der Waals surface area contributed by atoms with Crippen LogP contribution in [0.4, 0.5) is 0 Å². The molecule has 0 atom stereocenters.